The number of alkyl carbamates (subject to hydrolysis) is 1. The van der Waals surface area contributed by atoms with Crippen molar-refractivity contribution in [2.75, 3.05) is 39.4 Å². The van der Waals surface area contributed by atoms with Crippen LogP contribution in [-0.4, -0.2) is 145 Å². The third-order valence-corrected chi connectivity index (χ3v) is 13.0. The topological polar surface area (TPSA) is 228 Å². The predicted molar refractivity (Wildman–Crippen MR) is 283 cm³/mol. The first-order chi connectivity index (χ1) is 34.2. The number of carbonyl (C=O) groups excluding carboxylic acids is 8. The molecule has 1 aromatic carbocycles. The van der Waals surface area contributed by atoms with Gasteiger partial charge in [0.05, 0.1) is 18.6 Å². The second-order valence-electron chi connectivity index (χ2n) is 20.5. The minimum absolute atomic E-state index is 0.0660. The number of amides is 6. The van der Waals surface area contributed by atoms with Crippen LogP contribution in [0.25, 0.3) is 0 Å². The maximum Gasteiger partial charge on any atom is 0.407 e. The Morgan fingerprint density at radius 3 is 2.19 bits per heavy atom. The summed E-state index contributed by atoms with van der Waals surface area (Å²) >= 11 is 1.44. The van der Waals surface area contributed by atoms with Crippen molar-refractivity contribution in [2.45, 2.75) is 176 Å². The summed E-state index contributed by atoms with van der Waals surface area (Å²) < 4.78 is 23.8. The number of hydrogen-bond acceptors (Lipinski definition) is 13. The van der Waals surface area contributed by atoms with Gasteiger partial charge in [0.25, 0.3) is 5.91 Å². The number of likely N-dealkylation sites (N-methyl/N-ethyl adjacent to an activating group) is 2. The van der Waals surface area contributed by atoms with Crippen molar-refractivity contribution in [3.05, 3.63) is 59.2 Å². The first kappa shape index (κ1) is 63.7. The normalized spacial score (nSPS) is 25.7. The molecule has 1 aromatic rings. The van der Waals surface area contributed by atoms with Crippen LogP contribution in [-0.2, 0) is 58.9 Å². The molecule has 1 aliphatic rings. The molecule has 0 aliphatic carbocycles. The Morgan fingerprint density at radius 2 is 1.60 bits per heavy atom. The van der Waals surface area contributed by atoms with Crippen LogP contribution in [0.2, 0.25) is 0 Å². The van der Waals surface area contributed by atoms with E-state index in [-0.39, 0.29) is 49.7 Å². The Labute approximate surface area is 438 Å². The summed E-state index contributed by atoms with van der Waals surface area (Å²) in [5, 5.41) is 11.1. The van der Waals surface area contributed by atoms with Gasteiger partial charge in [0.15, 0.2) is 6.10 Å². The van der Waals surface area contributed by atoms with E-state index < -0.39 is 114 Å². The van der Waals surface area contributed by atoms with Gasteiger partial charge in [-0.05, 0) is 110 Å². The number of allylic oxidation sites excluding steroid dienone is 1. The van der Waals surface area contributed by atoms with Gasteiger partial charge in [-0.3, -0.25) is 24.0 Å². The van der Waals surface area contributed by atoms with Crippen LogP contribution >= 0.6 is 11.8 Å². The van der Waals surface area contributed by atoms with E-state index in [4.69, 9.17) is 18.9 Å². The molecule has 0 spiro atoms. The van der Waals surface area contributed by atoms with E-state index in [0.29, 0.717) is 24.8 Å². The van der Waals surface area contributed by atoms with Gasteiger partial charge in [-0.25, -0.2) is 14.4 Å². The first-order valence-electron chi connectivity index (χ1n) is 25.5. The number of thioether (sulfide) groups is 1. The molecule has 0 fully saturated rings. The fraction of sp³-hybridized carbons (Fsp3) is 0.667. The highest BCUT2D eigenvalue weighted by molar-refractivity contribution is 7.98. The van der Waals surface area contributed by atoms with Gasteiger partial charge < -0.3 is 50.0 Å². The highest BCUT2D eigenvalue weighted by Gasteiger charge is 2.38. The molecule has 1 heterocycles. The van der Waals surface area contributed by atoms with E-state index >= 15 is 0 Å². The number of nitrogens with one attached hydrogen (secondary N) is 4. The van der Waals surface area contributed by atoms with Crippen LogP contribution < -0.4 is 21.3 Å². The zero-order valence-corrected chi connectivity index (χ0v) is 46.9. The molecule has 2 rings (SSSR count). The summed E-state index contributed by atoms with van der Waals surface area (Å²) in [4.78, 5) is 114. The van der Waals surface area contributed by atoms with E-state index in [1.54, 1.807) is 65.0 Å². The second-order valence-corrected chi connectivity index (χ2v) is 21.3. The predicted octanol–water partition coefficient (Wildman–Crippen LogP) is 6.26. The minimum Gasteiger partial charge on any atom is -0.456 e. The molecule has 19 heteroatoms. The SMILES string of the molecule is C/C=C(\C)[C@H]1OC(=O)[C@@H](CCCCNC(=O)OC(C)(C)C)NC(=O)[C@H]([C@H](C)CC)NC(=O)CN(C)C(=O)[C@@H](Cc2ccccc2)N(C)C(=O)[C@H](C)NC(=O)[C@@H](CC(C)C)OC(=O)/C(C)=C/C[C@H](OCSC)[C@@H]1C. The molecular weight excluding hydrogens is 957 g/mol. The van der Waals surface area contributed by atoms with Gasteiger partial charge >= 0.3 is 18.0 Å². The monoisotopic (exact) mass is 1040 g/mol. The van der Waals surface area contributed by atoms with Gasteiger partial charge in [0.2, 0.25) is 23.6 Å². The Kier molecular flexibility index (Phi) is 27.3. The van der Waals surface area contributed by atoms with Crippen LogP contribution in [0, 0.1) is 17.8 Å². The van der Waals surface area contributed by atoms with Gasteiger partial charge in [-0.2, -0.15) is 0 Å². The van der Waals surface area contributed by atoms with Crippen LogP contribution in [0.1, 0.15) is 127 Å². The number of unbranched alkanes of at least 4 members (excludes halogenated alkanes) is 1. The maximum atomic E-state index is 14.5. The lowest BCUT2D eigenvalue weighted by atomic mass is 9.90. The number of cyclic esters (lactones) is 2. The first-order valence-corrected chi connectivity index (χ1v) is 26.9. The highest BCUT2D eigenvalue weighted by atomic mass is 32.2. The molecule has 0 bridgehead atoms. The fourth-order valence-corrected chi connectivity index (χ4v) is 8.33. The van der Waals surface area contributed by atoms with Crippen LogP contribution in [0.15, 0.2) is 53.6 Å². The van der Waals surface area contributed by atoms with Crippen molar-refractivity contribution in [1.82, 2.24) is 31.1 Å². The standard InChI is InChI=1S/C54H86N6O12S/c1-16-34(5)45-48(63)57-40(25-21-22-28-55-53(68)72-54(10,11)12)52(67)71-46(35(6)17-2)37(8)42(69-32-73-15)27-26-36(7)51(66)70-43(29-33(3)4)47(62)56-38(9)49(64)60(14)41(30-39-23-19-18-20-24-39)50(65)59(13)31-44(61)58-45/h17-20,23-24,26,33-34,37-38,40-43,45-46H,16,21-22,25,27-32H2,1-15H3,(H,55,68)(H,56,62)(H,57,63)(H,58,61)/b35-17+,36-26+/t34-,37+,38+,40-,41-,42+,43-,45+,46-/m1/s1. The molecule has 1 aliphatic heterocycles. The maximum absolute atomic E-state index is 14.5. The molecule has 6 amide bonds. The molecule has 0 aromatic heterocycles. The van der Waals surface area contributed by atoms with Crippen molar-refractivity contribution < 1.29 is 57.3 Å². The van der Waals surface area contributed by atoms with Crippen molar-refractivity contribution in [1.29, 1.82) is 0 Å². The summed E-state index contributed by atoms with van der Waals surface area (Å²) in [6.45, 7) is 20.9. The molecule has 18 nitrogen and oxygen atoms in total. The third-order valence-electron chi connectivity index (χ3n) is 12.7. The molecule has 9 atom stereocenters. The molecule has 410 valence electrons. The summed E-state index contributed by atoms with van der Waals surface area (Å²) in [6.07, 6.45) is 3.79. The molecule has 0 saturated heterocycles. The number of benzene rings is 1. The van der Waals surface area contributed by atoms with Gasteiger partial charge in [0.1, 0.15) is 35.9 Å². The molecular formula is C54H86N6O12S. The second kappa shape index (κ2) is 31.3. The van der Waals surface area contributed by atoms with E-state index in [0.717, 1.165) is 5.56 Å². The molecule has 0 radical (unpaired) electrons. The van der Waals surface area contributed by atoms with Crippen LogP contribution in [0.4, 0.5) is 4.79 Å². The largest absolute Gasteiger partial charge is 0.456 e. The third kappa shape index (κ3) is 21.9. The molecule has 4 N–H and O–H groups in total. The number of carbonyl (C=O) groups is 8. The Morgan fingerprint density at radius 1 is 0.945 bits per heavy atom. The Bertz CT molecular complexity index is 2060. The van der Waals surface area contributed by atoms with Gasteiger partial charge in [0, 0.05) is 38.6 Å². The summed E-state index contributed by atoms with van der Waals surface area (Å²) in [5.74, 6) is -5.43. The lowest BCUT2D eigenvalue weighted by molar-refractivity contribution is -0.156. The van der Waals surface area contributed by atoms with Crippen LogP contribution in [0.5, 0.6) is 0 Å². The quantitative estimate of drug-likeness (QED) is 0.0501. The number of hydrogen-bond donors (Lipinski definition) is 4. The number of rotatable bonds is 15. The smallest absolute Gasteiger partial charge is 0.407 e. The van der Waals surface area contributed by atoms with Gasteiger partial charge in [-0.1, -0.05) is 83.5 Å². The summed E-state index contributed by atoms with van der Waals surface area (Å²) in [7, 11) is 2.86. The lowest BCUT2D eigenvalue weighted by Gasteiger charge is -2.33. The Balaban J connectivity index is 2.76. The van der Waals surface area contributed by atoms with E-state index in [2.05, 4.69) is 21.3 Å². The summed E-state index contributed by atoms with van der Waals surface area (Å²) in [6, 6.07) is 4.38. The zero-order chi connectivity index (χ0) is 55.2. The number of ether oxygens (including phenoxy) is 4. The van der Waals surface area contributed by atoms with Gasteiger partial charge in [-0.15, -0.1) is 11.8 Å². The van der Waals surface area contributed by atoms with E-state index in [1.807, 2.05) is 59.9 Å². The van der Waals surface area contributed by atoms with Crippen molar-refractivity contribution >= 4 is 59.3 Å². The molecule has 0 unspecified atom stereocenters. The van der Waals surface area contributed by atoms with Crippen molar-refractivity contribution in [3.63, 3.8) is 0 Å². The molecule has 0 saturated carbocycles. The van der Waals surface area contributed by atoms with Crippen molar-refractivity contribution in [3.8, 4) is 0 Å². The number of esters is 2. The molecule has 73 heavy (non-hydrogen) atoms. The minimum atomic E-state index is -1.26. The number of nitrogens with zero attached hydrogens (tertiary/aromatic N) is 2. The average Bonchev–Trinajstić information content (AvgIpc) is 3.33. The van der Waals surface area contributed by atoms with Crippen molar-refractivity contribution in [2.24, 2.45) is 17.8 Å². The lowest BCUT2D eigenvalue weighted by Crippen LogP contribution is -2.58. The average molecular weight is 1040 g/mol. The fourth-order valence-electron chi connectivity index (χ4n) is 8.02. The van der Waals surface area contributed by atoms with E-state index in [1.165, 1.54) is 42.6 Å². The Hall–Kier alpha value is -5.43. The highest BCUT2D eigenvalue weighted by Crippen LogP contribution is 2.27. The zero-order valence-electron chi connectivity index (χ0n) is 46.1. The van der Waals surface area contributed by atoms with Crippen LogP contribution in [0.3, 0.4) is 0 Å². The van der Waals surface area contributed by atoms with E-state index in [9.17, 15) is 38.4 Å². The summed E-state index contributed by atoms with van der Waals surface area (Å²) in [5.41, 5.74) is 0.935.